The molecule has 0 atom stereocenters. The average Bonchev–Trinajstić information content (AvgIpc) is 2.70. The number of piperazine rings is 1. The Hall–Kier alpha value is -2.25. The fourth-order valence-electron chi connectivity index (χ4n) is 3.76. The van der Waals surface area contributed by atoms with E-state index < -0.39 is 0 Å². The predicted octanol–water partition coefficient (Wildman–Crippen LogP) is 1.24. The molecule has 7 heteroatoms. The minimum Gasteiger partial charge on any atom is -0.355 e. The third-order valence-corrected chi connectivity index (χ3v) is 5.30. The van der Waals surface area contributed by atoms with Crippen molar-refractivity contribution < 1.29 is 4.79 Å². The van der Waals surface area contributed by atoms with E-state index in [1.54, 1.807) is 6.92 Å². The second-order valence-electron chi connectivity index (χ2n) is 7.46. The molecule has 1 saturated heterocycles. The van der Waals surface area contributed by atoms with Crippen LogP contribution >= 0.6 is 0 Å². The number of nitrogens with one attached hydrogen (secondary N) is 1. The molecule has 2 heterocycles. The van der Waals surface area contributed by atoms with Crippen molar-refractivity contribution in [2.45, 2.75) is 33.2 Å². The Morgan fingerprint density at radius 2 is 1.79 bits per heavy atom. The van der Waals surface area contributed by atoms with Crippen molar-refractivity contribution >= 4 is 16.9 Å². The van der Waals surface area contributed by atoms with E-state index in [1.165, 1.54) is 17.5 Å². The normalized spacial score (nSPS) is 15.8. The molecule has 1 N–H and O–H groups in total. The second kappa shape index (κ2) is 9.80. The smallest absolute Gasteiger partial charge is 0.272 e. The van der Waals surface area contributed by atoms with E-state index in [-0.39, 0.29) is 18.0 Å². The summed E-state index contributed by atoms with van der Waals surface area (Å²) in [5.74, 6) is -0.134. The molecule has 1 aliphatic rings. The first kappa shape index (κ1) is 20.5. The molecule has 0 spiro atoms. The first-order chi connectivity index (χ1) is 13.6. The van der Waals surface area contributed by atoms with Crippen LogP contribution < -0.4 is 10.9 Å². The van der Waals surface area contributed by atoms with Gasteiger partial charge in [0.1, 0.15) is 12.2 Å². The summed E-state index contributed by atoms with van der Waals surface area (Å²) in [5, 5.41) is 2.96. The standard InChI is InChI=1S/C21H31N5O2/c1-3-10-24-12-14-25(15-13-24)11-6-9-22-20(27)16-26-19-8-5-4-7-18(19)23-17(2)21(26)28/h4-5,7-8H,3,6,9-16H2,1-2H3,(H,22,27). The van der Waals surface area contributed by atoms with Gasteiger partial charge in [-0.2, -0.15) is 0 Å². The first-order valence-electron chi connectivity index (χ1n) is 10.3. The predicted molar refractivity (Wildman–Crippen MR) is 112 cm³/mol. The fourth-order valence-corrected chi connectivity index (χ4v) is 3.76. The van der Waals surface area contributed by atoms with Crippen LogP contribution in [0.3, 0.4) is 0 Å². The summed E-state index contributed by atoms with van der Waals surface area (Å²) in [5.41, 5.74) is 1.63. The van der Waals surface area contributed by atoms with E-state index in [0.717, 1.165) is 44.7 Å². The van der Waals surface area contributed by atoms with Gasteiger partial charge in [0, 0.05) is 32.7 Å². The maximum Gasteiger partial charge on any atom is 0.272 e. The van der Waals surface area contributed by atoms with Gasteiger partial charge in [0.25, 0.3) is 5.56 Å². The van der Waals surface area contributed by atoms with E-state index in [0.29, 0.717) is 17.8 Å². The molecule has 1 aliphatic heterocycles. The van der Waals surface area contributed by atoms with Crippen LogP contribution in [0.5, 0.6) is 0 Å². The summed E-state index contributed by atoms with van der Waals surface area (Å²) in [6.45, 7) is 11.2. The number of fused-ring (bicyclic) bond motifs is 1. The lowest BCUT2D eigenvalue weighted by molar-refractivity contribution is -0.121. The number of aryl methyl sites for hydroxylation is 1. The topological polar surface area (TPSA) is 70.5 Å². The monoisotopic (exact) mass is 385 g/mol. The molecule has 152 valence electrons. The van der Waals surface area contributed by atoms with E-state index >= 15 is 0 Å². The van der Waals surface area contributed by atoms with Gasteiger partial charge in [0.15, 0.2) is 0 Å². The van der Waals surface area contributed by atoms with Crippen LogP contribution in [-0.4, -0.2) is 71.1 Å². The lowest BCUT2D eigenvalue weighted by Gasteiger charge is -2.34. The minimum atomic E-state index is -0.209. The number of carbonyl (C=O) groups excluding carboxylic acids is 1. The summed E-state index contributed by atoms with van der Waals surface area (Å²) in [6.07, 6.45) is 2.13. The molecule has 0 radical (unpaired) electrons. The van der Waals surface area contributed by atoms with Gasteiger partial charge < -0.3 is 15.1 Å². The Balaban J connectivity index is 1.46. The zero-order valence-electron chi connectivity index (χ0n) is 17.0. The van der Waals surface area contributed by atoms with Gasteiger partial charge in [-0.15, -0.1) is 0 Å². The van der Waals surface area contributed by atoms with Gasteiger partial charge in [0.05, 0.1) is 11.0 Å². The van der Waals surface area contributed by atoms with Gasteiger partial charge >= 0.3 is 0 Å². The Morgan fingerprint density at radius 3 is 2.50 bits per heavy atom. The highest BCUT2D eigenvalue weighted by molar-refractivity contribution is 5.80. The highest BCUT2D eigenvalue weighted by Gasteiger charge is 2.15. The Bertz CT molecular complexity index is 855. The number of para-hydroxylation sites is 2. The summed E-state index contributed by atoms with van der Waals surface area (Å²) in [7, 11) is 0. The lowest BCUT2D eigenvalue weighted by atomic mass is 10.2. The van der Waals surface area contributed by atoms with Crippen LogP contribution in [0.4, 0.5) is 0 Å². The Labute approximate surface area is 166 Å². The minimum absolute atomic E-state index is 0.0262. The van der Waals surface area contributed by atoms with Crippen LogP contribution in [0.15, 0.2) is 29.1 Å². The lowest BCUT2D eigenvalue weighted by Crippen LogP contribution is -2.47. The Morgan fingerprint density at radius 1 is 1.11 bits per heavy atom. The van der Waals surface area contributed by atoms with Crippen molar-refractivity contribution in [3.8, 4) is 0 Å². The number of nitrogens with zero attached hydrogens (tertiary/aromatic N) is 4. The number of hydrogen-bond donors (Lipinski definition) is 1. The summed E-state index contributed by atoms with van der Waals surface area (Å²) in [6, 6.07) is 7.42. The molecule has 1 fully saturated rings. The number of rotatable bonds is 8. The van der Waals surface area contributed by atoms with Crippen LogP contribution in [-0.2, 0) is 11.3 Å². The molecule has 1 aromatic carbocycles. The van der Waals surface area contributed by atoms with Crippen molar-refractivity contribution in [2.75, 3.05) is 45.8 Å². The third kappa shape index (κ3) is 5.17. The summed E-state index contributed by atoms with van der Waals surface area (Å²) >= 11 is 0. The SMILES string of the molecule is CCCN1CCN(CCCNC(=O)Cn2c(=O)c(C)nc3ccccc32)CC1. The van der Waals surface area contributed by atoms with E-state index in [4.69, 9.17) is 0 Å². The molecule has 1 amide bonds. The number of hydrogen-bond acceptors (Lipinski definition) is 5. The van der Waals surface area contributed by atoms with Gasteiger partial charge in [-0.3, -0.25) is 14.2 Å². The third-order valence-electron chi connectivity index (χ3n) is 5.30. The molecule has 0 unspecified atom stereocenters. The van der Waals surface area contributed by atoms with E-state index in [2.05, 4.69) is 27.0 Å². The van der Waals surface area contributed by atoms with Crippen LogP contribution in [0.25, 0.3) is 11.0 Å². The molecule has 0 saturated carbocycles. The van der Waals surface area contributed by atoms with Crippen LogP contribution in [0.1, 0.15) is 25.5 Å². The van der Waals surface area contributed by atoms with Crippen molar-refractivity contribution in [3.05, 3.63) is 40.3 Å². The van der Waals surface area contributed by atoms with E-state index in [9.17, 15) is 9.59 Å². The number of amides is 1. The van der Waals surface area contributed by atoms with Gasteiger partial charge in [-0.25, -0.2) is 4.98 Å². The van der Waals surface area contributed by atoms with Crippen molar-refractivity contribution in [3.63, 3.8) is 0 Å². The number of aromatic nitrogens is 2. The molecular weight excluding hydrogens is 354 g/mol. The highest BCUT2D eigenvalue weighted by atomic mass is 16.2. The van der Waals surface area contributed by atoms with Gasteiger partial charge in [-0.1, -0.05) is 19.1 Å². The van der Waals surface area contributed by atoms with Crippen LogP contribution in [0.2, 0.25) is 0 Å². The molecule has 1 aromatic heterocycles. The molecule has 3 rings (SSSR count). The van der Waals surface area contributed by atoms with Crippen molar-refractivity contribution in [1.82, 2.24) is 24.7 Å². The average molecular weight is 386 g/mol. The fraction of sp³-hybridized carbons (Fsp3) is 0.571. The highest BCUT2D eigenvalue weighted by Crippen LogP contribution is 2.09. The molecular formula is C21H31N5O2. The Kier molecular flexibility index (Phi) is 7.17. The summed E-state index contributed by atoms with van der Waals surface area (Å²) in [4.78, 5) is 34.1. The van der Waals surface area contributed by atoms with Gasteiger partial charge in [-0.05, 0) is 45.0 Å². The second-order valence-corrected chi connectivity index (χ2v) is 7.46. The number of carbonyl (C=O) groups is 1. The molecule has 0 bridgehead atoms. The zero-order chi connectivity index (χ0) is 19.9. The zero-order valence-corrected chi connectivity index (χ0v) is 17.0. The van der Waals surface area contributed by atoms with E-state index in [1.807, 2.05) is 24.3 Å². The maximum atomic E-state index is 12.4. The number of benzene rings is 1. The molecule has 28 heavy (non-hydrogen) atoms. The summed E-state index contributed by atoms with van der Waals surface area (Å²) < 4.78 is 1.51. The van der Waals surface area contributed by atoms with Gasteiger partial charge in [0.2, 0.25) is 5.91 Å². The molecule has 0 aliphatic carbocycles. The molecule has 7 nitrogen and oxygen atoms in total. The largest absolute Gasteiger partial charge is 0.355 e. The van der Waals surface area contributed by atoms with Crippen molar-refractivity contribution in [1.29, 1.82) is 0 Å². The maximum absolute atomic E-state index is 12.4. The molecule has 2 aromatic rings. The quantitative estimate of drug-likeness (QED) is 0.693. The van der Waals surface area contributed by atoms with Crippen LogP contribution in [0, 0.1) is 6.92 Å². The van der Waals surface area contributed by atoms with Crippen molar-refractivity contribution in [2.24, 2.45) is 0 Å². The first-order valence-corrected chi connectivity index (χ1v) is 10.3.